The highest BCUT2D eigenvalue weighted by molar-refractivity contribution is 6.36. The van der Waals surface area contributed by atoms with Crippen LogP contribution in [-0.2, 0) is 20.9 Å². The van der Waals surface area contributed by atoms with Crippen LogP contribution in [0.15, 0.2) is 18.2 Å². The van der Waals surface area contributed by atoms with Gasteiger partial charge in [-0.1, -0.05) is 29.3 Å². The lowest BCUT2D eigenvalue weighted by Gasteiger charge is -2.24. The third-order valence-corrected chi connectivity index (χ3v) is 3.85. The molecule has 1 unspecified atom stereocenters. The Labute approximate surface area is 145 Å². The summed E-state index contributed by atoms with van der Waals surface area (Å²) in [6.45, 7) is 3.99. The van der Waals surface area contributed by atoms with Gasteiger partial charge >= 0.3 is 5.97 Å². The van der Waals surface area contributed by atoms with Gasteiger partial charge in [-0.15, -0.1) is 11.6 Å². The van der Waals surface area contributed by atoms with Gasteiger partial charge in [-0.05, 0) is 26.0 Å². The van der Waals surface area contributed by atoms with E-state index in [9.17, 15) is 9.59 Å². The van der Waals surface area contributed by atoms with Crippen LogP contribution in [0.4, 0.5) is 0 Å². The zero-order chi connectivity index (χ0) is 16.7. The highest BCUT2D eigenvalue weighted by atomic mass is 35.5. The van der Waals surface area contributed by atoms with Gasteiger partial charge < -0.3 is 9.64 Å². The second-order valence-electron chi connectivity index (χ2n) is 4.63. The fourth-order valence-electron chi connectivity index (χ4n) is 1.85. The number of nitrogens with zero attached hydrogens (tertiary/aromatic N) is 1. The summed E-state index contributed by atoms with van der Waals surface area (Å²) >= 11 is 18.1. The van der Waals surface area contributed by atoms with Crippen molar-refractivity contribution in [1.29, 1.82) is 0 Å². The second-order valence-corrected chi connectivity index (χ2v) is 6.10. The van der Waals surface area contributed by atoms with Crippen LogP contribution in [0.25, 0.3) is 0 Å². The molecule has 1 amide bonds. The van der Waals surface area contributed by atoms with Crippen LogP contribution in [0.1, 0.15) is 25.8 Å². The molecule has 0 heterocycles. The first-order chi connectivity index (χ1) is 10.4. The van der Waals surface area contributed by atoms with Gasteiger partial charge in [0, 0.05) is 28.7 Å². The summed E-state index contributed by atoms with van der Waals surface area (Å²) in [4.78, 5) is 25.1. The first kappa shape index (κ1) is 19.1. The molecule has 0 aliphatic carbocycles. The largest absolute Gasteiger partial charge is 0.466 e. The van der Waals surface area contributed by atoms with E-state index in [0.717, 1.165) is 0 Å². The Morgan fingerprint density at radius 2 is 1.86 bits per heavy atom. The van der Waals surface area contributed by atoms with Crippen LogP contribution in [0.3, 0.4) is 0 Å². The average Bonchev–Trinajstić information content (AvgIpc) is 2.45. The Morgan fingerprint density at radius 1 is 1.27 bits per heavy atom. The number of halogens is 3. The number of amides is 1. The molecule has 0 aliphatic heterocycles. The van der Waals surface area contributed by atoms with E-state index in [-0.39, 0.29) is 31.4 Å². The molecule has 1 aromatic rings. The smallest absolute Gasteiger partial charge is 0.307 e. The molecule has 0 spiro atoms. The molecule has 1 rings (SSSR count). The minimum atomic E-state index is -0.705. The van der Waals surface area contributed by atoms with Crippen molar-refractivity contribution in [2.24, 2.45) is 0 Å². The van der Waals surface area contributed by atoms with Gasteiger partial charge in [0.25, 0.3) is 0 Å². The summed E-state index contributed by atoms with van der Waals surface area (Å²) in [5.74, 6) is -0.658. The molecule has 22 heavy (non-hydrogen) atoms. The molecule has 0 N–H and O–H groups in total. The molecular weight excluding hydrogens is 349 g/mol. The summed E-state index contributed by atoms with van der Waals surface area (Å²) in [7, 11) is 0. The Morgan fingerprint density at radius 3 is 2.36 bits per heavy atom. The van der Waals surface area contributed by atoms with E-state index >= 15 is 0 Å². The van der Waals surface area contributed by atoms with Gasteiger partial charge in [0.15, 0.2) is 0 Å². The van der Waals surface area contributed by atoms with Gasteiger partial charge in [0.1, 0.15) is 5.38 Å². The van der Waals surface area contributed by atoms with Crippen molar-refractivity contribution in [2.75, 3.05) is 13.2 Å². The maximum atomic E-state index is 12.2. The van der Waals surface area contributed by atoms with Crippen molar-refractivity contribution < 1.29 is 14.3 Å². The maximum absolute atomic E-state index is 12.2. The normalized spacial score (nSPS) is 11.9. The van der Waals surface area contributed by atoms with Crippen LogP contribution in [0.5, 0.6) is 0 Å². The third kappa shape index (κ3) is 5.67. The van der Waals surface area contributed by atoms with Gasteiger partial charge in [-0.25, -0.2) is 0 Å². The van der Waals surface area contributed by atoms with Gasteiger partial charge in [0.05, 0.1) is 13.0 Å². The van der Waals surface area contributed by atoms with E-state index in [1.54, 1.807) is 32.0 Å². The fourth-order valence-corrected chi connectivity index (χ4v) is 2.51. The number of hydrogen-bond donors (Lipinski definition) is 0. The van der Waals surface area contributed by atoms with Crippen LogP contribution in [-0.4, -0.2) is 35.3 Å². The lowest BCUT2D eigenvalue weighted by Crippen LogP contribution is -2.37. The molecule has 1 atom stereocenters. The number of hydrogen-bond acceptors (Lipinski definition) is 3. The first-order valence-electron chi connectivity index (χ1n) is 6.88. The number of rotatable bonds is 7. The lowest BCUT2D eigenvalue weighted by atomic mass is 10.2. The number of benzene rings is 1. The zero-order valence-corrected chi connectivity index (χ0v) is 14.7. The van der Waals surface area contributed by atoms with Crippen molar-refractivity contribution in [2.45, 2.75) is 32.2 Å². The minimum Gasteiger partial charge on any atom is -0.466 e. The summed E-state index contributed by atoms with van der Waals surface area (Å²) in [5.41, 5.74) is 0.625. The van der Waals surface area contributed by atoms with Crippen LogP contribution in [0.2, 0.25) is 10.0 Å². The monoisotopic (exact) mass is 365 g/mol. The van der Waals surface area contributed by atoms with E-state index in [4.69, 9.17) is 39.5 Å². The standard InChI is InChI=1S/C15H18Cl3NO3/c1-3-22-14(20)7-8-19(15(21)10(2)16)9-11-12(17)5-4-6-13(11)18/h4-6,10H,3,7-9H2,1-2H3. The number of ether oxygens (including phenoxy) is 1. The maximum Gasteiger partial charge on any atom is 0.307 e. The predicted octanol–water partition coefficient (Wildman–Crippen LogP) is 3.90. The molecule has 1 aromatic carbocycles. The number of carbonyl (C=O) groups is 2. The summed E-state index contributed by atoms with van der Waals surface area (Å²) in [6.07, 6.45) is 0.0886. The van der Waals surface area contributed by atoms with Crippen LogP contribution >= 0.6 is 34.8 Å². The number of carbonyl (C=O) groups excluding carboxylic acids is 2. The molecule has 0 fully saturated rings. The van der Waals surface area contributed by atoms with Crippen molar-refractivity contribution >= 4 is 46.7 Å². The highest BCUT2D eigenvalue weighted by Crippen LogP contribution is 2.26. The molecule has 0 saturated carbocycles. The van der Waals surface area contributed by atoms with Crippen molar-refractivity contribution in [1.82, 2.24) is 4.90 Å². The molecule has 4 nitrogen and oxygen atoms in total. The SMILES string of the molecule is CCOC(=O)CCN(Cc1c(Cl)cccc1Cl)C(=O)C(C)Cl. The van der Waals surface area contributed by atoms with Crippen molar-refractivity contribution in [3.8, 4) is 0 Å². The molecule has 0 aromatic heterocycles. The van der Waals surface area contributed by atoms with E-state index in [1.807, 2.05) is 0 Å². The van der Waals surface area contributed by atoms with Crippen LogP contribution in [0, 0.1) is 0 Å². The molecule has 0 bridgehead atoms. The number of alkyl halides is 1. The molecule has 0 saturated heterocycles. The average molecular weight is 367 g/mol. The quantitative estimate of drug-likeness (QED) is 0.543. The van der Waals surface area contributed by atoms with Crippen molar-refractivity contribution in [3.05, 3.63) is 33.8 Å². The highest BCUT2D eigenvalue weighted by Gasteiger charge is 2.21. The fraction of sp³-hybridized carbons (Fsp3) is 0.467. The van der Waals surface area contributed by atoms with Crippen molar-refractivity contribution in [3.63, 3.8) is 0 Å². The molecule has 7 heteroatoms. The van der Waals surface area contributed by atoms with Gasteiger partial charge in [0.2, 0.25) is 5.91 Å². The summed E-state index contributed by atoms with van der Waals surface area (Å²) < 4.78 is 4.87. The Hall–Kier alpha value is -0.970. The molecule has 122 valence electrons. The predicted molar refractivity (Wildman–Crippen MR) is 88.4 cm³/mol. The molecule has 0 aliphatic rings. The van der Waals surface area contributed by atoms with E-state index in [1.165, 1.54) is 4.90 Å². The topological polar surface area (TPSA) is 46.6 Å². The molecule has 0 radical (unpaired) electrons. The second kappa shape index (κ2) is 9.23. The Bertz CT molecular complexity index is 515. The Kier molecular flexibility index (Phi) is 8.01. The first-order valence-corrected chi connectivity index (χ1v) is 8.07. The van der Waals surface area contributed by atoms with E-state index < -0.39 is 5.38 Å². The van der Waals surface area contributed by atoms with E-state index in [2.05, 4.69) is 0 Å². The zero-order valence-electron chi connectivity index (χ0n) is 12.4. The lowest BCUT2D eigenvalue weighted by molar-refractivity contribution is -0.144. The summed E-state index contributed by atoms with van der Waals surface area (Å²) in [6, 6.07) is 5.12. The number of esters is 1. The molecular formula is C15H18Cl3NO3. The third-order valence-electron chi connectivity index (χ3n) is 2.95. The Balaban J connectivity index is 2.87. The van der Waals surface area contributed by atoms with Gasteiger partial charge in [-0.2, -0.15) is 0 Å². The van der Waals surface area contributed by atoms with Gasteiger partial charge in [-0.3, -0.25) is 9.59 Å². The van der Waals surface area contributed by atoms with E-state index in [0.29, 0.717) is 22.2 Å². The van der Waals surface area contributed by atoms with Crippen LogP contribution < -0.4 is 0 Å². The summed E-state index contributed by atoms with van der Waals surface area (Å²) in [5, 5.41) is 0.218. The minimum absolute atomic E-state index is 0.0886.